The quantitative estimate of drug-likeness (QED) is 0.812. The zero-order valence-corrected chi connectivity index (χ0v) is 11.6. The van der Waals surface area contributed by atoms with Gasteiger partial charge in [-0.15, -0.1) is 0 Å². The van der Waals surface area contributed by atoms with Crippen LogP contribution in [-0.4, -0.2) is 35.5 Å². The number of hydrogen-bond acceptors (Lipinski definition) is 4. The largest absolute Gasteiger partial charge is 0.491 e. The van der Waals surface area contributed by atoms with E-state index >= 15 is 0 Å². The molecule has 4 nitrogen and oxygen atoms in total. The lowest BCUT2D eigenvalue weighted by atomic mass is 9.80. The van der Waals surface area contributed by atoms with E-state index in [9.17, 15) is 0 Å². The van der Waals surface area contributed by atoms with Crippen molar-refractivity contribution in [3.63, 3.8) is 0 Å². The van der Waals surface area contributed by atoms with Gasteiger partial charge in [0.15, 0.2) is 0 Å². The molecule has 2 N–H and O–H groups in total. The van der Waals surface area contributed by atoms with Crippen molar-refractivity contribution in [2.24, 2.45) is 0 Å². The maximum absolute atomic E-state index is 9.03. The fourth-order valence-electron chi connectivity index (χ4n) is 3.33. The molecule has 0 aromatic heterocycles. The van der Waals surface area contributed by atoms with Crippen LogP contribution in [0.3, 0.4) is 0 Å². The highest BCUT2D eigenvalue weighted by atomic mass is 16.6. The molecular formula is C15H21BO4. The van der Waals surface area contributed by atoms with Gasteiger partial charge in [0.25, 0.3) is 0 Å². The molecule has 0 radical (unpaired) electrons. The minimum atomic E-state index is -1.43. The first-order valence-corrected chi connectivity index (χ1v) is 7.44. The van der Waals surface area contributed by atoms with Crippen molar-refractivity contribution in [2.45, 2.75) is 50.2 Å². The molecule has 1 aromatic rings. The monoisotopic (exact) mass is 276 g/mol. The molecule has 1 unspecified atom stereocenters. The minimum absolute atomic E-state index is 0.152. The summed E-state index contributed by atoms with van der Waals surface area (Å²) in [5.41, 5.74) is 0.623. The lowest BCUT2D eigenvalue weighted by molar-refractivity contribution is -0.0508. The molecule has 5 heteroatoms. The highest BCUT2D eigenvalue weighted by Gasteiger charge is 2.42. The summed E-state index contributed by atoms with van der Waals surface area (Å²) in [7, 11) is -1.43. The fourth-order valence-corrected chi connectivity index (χ4v) is 3.33. The lowest BCUT2D eigenvalue weighted by Crippen LogP contribution is -2.29. The molecule has 1 aliphatic carbocycles. The zero-order chi connectivity index (χ0) is 14.0. The van der Waals surface area contributed by atoms with Crippen LogP contribution in [0, 0.1) is 0 Å². The van der Waals surface area contributed by atoms with E-state index in [0.29, 0.717) is 12.1 Å². The number of benzene rings is 1. The highest BCUT2D eigenvalue weighted by Crippen LogP contribution is 2.43. The summed E-state index contributed by atoms with van der Waals surface area (Å²) in [6, 6.07) is 6.84. The van der Waals surface area contributed by atoms with Crippen molar-refractivity contribution < 1.29 is 19.5 Å². The molecule has 1 heterocycles. The van der Waals surface area contributed by atoms with Gasteiger partial charge >= 0.3 is 7.12 Å². The lowest BCUT2D eigenvalue weighted by Gasteiger charge is -2.23. The Balaban J connectivity index is 1.50. The summed E-state index contributed by atoms with van der Waals surface area (Å²) < 4.78 is 11.9. The molecular weight excluding hydrogens is 255 g/mol. The standard InChI is InChI=1S/C15H21BO4/c17-16(18)12-3-5-13(6-4-12)19-11-14-7-10-15(20-14)8-1-2-9-15/h3-6,14,17-18H,1-2,7-11H2. The number of rotatable bonds is 4. The van der Waals surface area contributed by atoms with Gasteiger partial charge in [-0.3, -0.25) is 0 Å². The van der Waals surface area contributed by atoms with Crippen LogP contribution in [-0.2, 0) is 4.74 Å². The van der Waals surface area contributed by atoms with Gasteiger partial charge in [-0.2, -0.15) is 0 Å². The highest BCUT2D eigenvalue weighted by molar-refractivity contribution is 6.58. The van der Waals surface area contributed by atoms with Crippen molar-refractivity contribution in [3.05, 3.63) is 24.3 Å². The van der Waals surface area contributed by atoms with Gasteiger partial charge in [0, 0.05) is 0 Å². The van der Waals surface area contributed by atoms with E-state index in [1.807, 2.05) is 0 Å². The predicted molar refractivity (Wildman–Crippen MR) is 77.1 cm³/mol. The summed E-state index contributed by atoms with van der Waals surface area (Å²) in [6.45, 7) is 0.572. The summed E-state index contributed by atoms with van der Waals surface area (Å²) in [6.07, 6.45) is 7.41. The molecule has 1 saturated carbocycles. The van der Waals surface area contributed by atoms with Crippen molar-refractivity contribution in [1.82, 2.24) is 0 Å². The van der Waals surface area contributed by atoms with E-state index in [1.165, 1.54) is 25.7 Å². The normalized spacial score (nSPS) is 24.2. The second-order valence-electron chi connectivity index (χ2n) is 5.92. The van der Waals surface area contributed by atoms with Gasteiger partial charge in [-0.05, 0) is 43.3 Å². The van der Waals surface area contributed by atoms with Crippen molar-refractivity contribution in [1.29, 1.82) is 0 Å². The summed E-state index contributed by atoms with van der Waals surface area (Å²) in [5, 5.41) is 18.1. The van der Waals surface area contributed by atoms with Gasteiger partial charge in [0.05, 0.1) is 11.7 Å². The fraction of sp³-hybridized carbons (Fsp3) is 0.600. The van der Waals surface area contributed by atoms with Crippen LogP contribution in [0.1, 0.15) is 38.5 Å². The third-order valence-electron chi connectivity index (χ3n) is 4.47. The molecule has 0 bridgehead atoms. The molecule has 1 spiro atoms. The molecule has 2 aliphatic rings. The van der Waals surface area contributed by atoms with Crippen LogP contribution in [0.2, 0.25) is 0 Å². The average molecular weight is 276 g/mol. The number of ether oxygens (including phenoxy) is 2. The summed E-state index contributed by atoms with van der Waals surface area (Å²) >= 11 is 0. The van der Waals surface area contributed by atoms with Gasteiger partial charge in [-0.1, -0.05) is 25.0 Å². The van der Waals surface area contributed by atoms with Crippen LogP contribution in [0.15, 0.2) is 24.3 Å². The van der Waals surface area contributed by atoms with Crippen LogP contribution < -0.4 is 10.2 Å². The van der Waals surface area contributed by atoms with E-state index in [0.717, 1.165) is 18.6 Å². The van der Waals surface area contributed by atoms with E-state index in [-0.39, 0.29) is 11.7 Å². The average Bonchev–Trinajstić information content (AvgIpc) is 3.08. The SMILES string of the molecule is OB(O)c1ccc(OCC2CCC3(CCCC3)O2)cc1. The molecule has 20 heavy (non-hydrogen) atoms. The predicted octanol–water partition coefficient (Wildman–Crippen LogP) is 1.24. The van der Waals surface area contributed by atoms with E-state index in [1.54, 1.807) is 24.3 Å². The molecule has 1 aromatic carbocycles. The first kappa shape index (κ1) is 13.9. The number of hydrogen-bond donors (Lipinski definition) is 2. The summed E-state index contributed by atoms with van der Waals surface area (Å²) in [5.74, 6) is 0.741. The Hall–Kier alpha value is -1.04. The van der Waals surface area contributed by atoms with Crippen molar-refractivity contribution in [2.75, 3.05) is 6.61 Å². The Bertz CT molecular complexity index is 440. The van der Waals surface area contributed by atoms with Gasteiger partial charge in [0.2, 0.25) is 0 Å². The van der Waals surface area contributed by atoms with Crippen LogP contribution >= 0.6 is 0 Å². The van der Waals surface area contributed by atoms with Gasteiger partial charge in [0.1, 0.15) is 12.4 Å². The zero-order valence-electron chi connectivity index (χ0n) is 11.6. The van der Waals surface area contributed by atoms with Crippen LogP contribution in [0.5, 0.6) is 5.75 Å². The maximum atomic E-state index is 9.03. The molecule has 1 atom stereocenters. The Kier molecular flexibility index (Phi) is 4.01. The van der Waals surface area contributed by atoms with E-state index in [2.05, 4.69) is 0 Å². The molecule has 108 valence electrons. The van der Waals surface area contributed by atoms with Crippen LogP contribution in [0.4, 0.5) is 0 Å². The maximum Gasteiger partial charge on any atom is 0.488 e. The Morgan fingerprint density at radius 2 is 1.85 bits per heavy atom. The first-order valence-electron chi connectivity index (χ1n) is 7.44. The minimum Gasteiger partial charge on any atom is -0.491 e. The van der Waals surface area contributed by atoms with E-state index < -0.39 is 7.12 Å². The van der Waals surface area contributed by atoms with Crippen molar-refractivity contribution >= 4 is 12.6 Å². The smallest absolute Gasteiger partial charge is 0.488 e. The molecule has 1 saturated heterocycles. The Morgan fingerprint density at radius 3 is 2.50 bits per heavy atom. The molecule has 2 fully saturated rings. The first-order chi connectivity index (χ1) is 9.67. The topological polar surface area (TPSA) is 58.9 Å². The molecule has 1 aliphatic heterocycles. The summed E-state index contributed by atoms with van der Waals surface area (Å²) in [4.78, 5) is 0. The van der Waals surface area contributed by atoms with Crippen molar-refractivity contribution in [3.8, 4) is 5.75 Å². The van der Waals surface area contributed by atoms with Gasteiger partial charge in [-0.25, -0.2) is 0 Å². The van der Waals surface area contributed by atoms with Crippen LogP contribution in [0.25, 0.3) is 0 Å². The third-order valence-corrected chi connectivity index (χ3v) is 4.47. The Morgan fingerprint density at radius 1 is 1.15 bits per heavy atom. The van der Waals surface area contributed by atoms with Gasteiger partial charge < -0.3 is 19.5 Å². The molecule has 0 amide bonds. The van der Waals surface area contributed by atoms with E-state index in [4.69, 9.17) is 19.5 Å². The second-order valence-corrected chi connectivity index (χ2v) is 5.92. The second kappa shape index (κ2) is 5.76. The molecule has 3 rings (SSSR count). The Labute approximate surface area is 119 Å². The third kappa shape index (κ3) is 3.00.